The maximum absolute atomic E-state index is 12.2. The molecule has 23 heavy (non-hydrogen) atoms. The van der Waals surface area contributed by atoms with Crippen LogP contribution >= 0.6 is 0 Å². The van der Waals surface area contributed by atoms with E-state index in [0.29, 0.717) is 0 Å². The van der Waals surface area contributed by atoms with Crippen molar-refractivity contribution in [2.45, 2.75) is 12.7 Å². The highest BCUT2D eigenvalue weighted by molar-refractivity contribution is 5.68. The van der Waals surface area contributed by atoms with Crippen molar-refractivity contribution >= 4 is 0 Å². The number of benzene rings is 2. The van der Waals surface area contributed by atoms with Gasteiger partial charge in [-0.3, -0.25) is 0 Å². The summed E-state index contributed by atoms with van der Waals surface area (Å²) in [7, 11) is 0. The first-order valence-corrected chi connectivity index (χ1v) is 5.98. The zero-order valence-corrected chi connectivity index (χ0v) is 11.1. The van der Waals surface area contributed by atoms with Crippen molar-refractivity contribution in [3.8, 4) is 28.4 Å². The monoisotopic (exact) mass is 338 g/mol. The standard InChI is InChI=1S/C14H8F6O3/c15-13(16,17)22-10-3-1-2-8(6-10)9-4-5-12(11(21)7-9)23-14(18,19)20/h1-7,21H. The van der Waals surface area contributed by atoms with Gasteiger partial charge in [0.2, 0.25) is 0 Å². The van der Waals surface area contributed by atoms with E-state index in [4.69, 9.17) is 0 Å². The fourth-order valence-corrected chi connectivity index (χ4v) is 1.78. The molecule has 0 aromatic heterocycles. The molecule has 0 amide bonds. The molecule has 0 radical (unpaired) electrons. The van der Waals surface area contributed by atoms with Gasteiger partial charge in [0, 0.05) is 0 Å². The first-order chi connectivity index (χ1) is 10.5. The van der Waals surface area contributed by atoms with Crippen LogP contribution in [0.5, 0.6) is 17.2 Å². The predicted octanol–water partition coefficient (Wildman–Crippen LogP) is 4.86. The Morgan fingerprint density at radius 3 is 1.91 bits per heavy atom. The van der Waals surface area contributed by atoms with E-state index >= 15 is 0 Å². The Morgan fingerprint density at radius 1 is 0.739 bits per heavy atom. The van der Waals surface area contributed by atoms with E-state index in [2.05, 4.69) is 9.47 Å². The average Bonchev–Trinajstić information content (AvgIpc) is 2.38. The predicted molar refractivity (Wildman–Crippen MR) is 66.9 cm³/mol. The summed E-state index contributed by atoms with van der Waals surface area (Å²) >= 11 is 0. The van der Waals surface area contributed by atoms with Crippen LogP contribution in [0.2, 0.25) is 0 Å². The second-order valence-corrected chi connectivity index (χ2v) is 4.31. The molecule has 0 atom stereocenters. The fraction of sp³-hybridized carbons (Fsp3) is 0.143. The van der Waals surface area contributed by atoms with E-state index in [-0.39, 0.29) is 11.1 Å². The van der Waals surface area contributed by atoms with Crippen LogP contribution in [-0.2, 0) is 0 Å². The molecule has 2 aromatic carbocycles. The molecule has 0 saturated heterocycles. The zero-order chi connectivity index (χ0) is 17.3. The Morgan fingerprint density at radius 2 is 1.35 bits per heavy atom. The van der Waals surface area contributed by atoms with Crippen LogP contribution in [0.25, 0.3) is 11.1 Å². The van der Waals surface area contributed by atoms with E-state index in [1.165, 1.54) is 12.1 Å². The van der Waals surface area contributed by atoms with Gasteiger partial charge in [0.05, 0.1) is 0 Å². The summed E-state index contributed by atoms with van der Waals surface area (Å²) in [6.07, 6.45) is -9.84. The number of aromatic hydroxyl groups is 1. The topological polar surface area (TPSA) is 38.7 Å². The number of hydrogen-bond acceptors (Lipinski definition) is 3. The minimum Gasteiger partial charge on any atom is -0.504 e. The summed E-state index contributed by atoms with van der Waals surface area (Å²) in [6, 6.07) is 7.73. The van der Waals surface area contributed by atoms with Gasteiger partial charge in [0.15, 0.2) is 11.5 Å². The van der Waals surface area contributed by atoms with Crippen molar-refractivity contribution in [2.24, 2.45) is 0 Å². The number of alkyl halides is 6. The van der Waals surface area contributed by atoms with E-state index in [1.807, 2.05) is 0 Å². The molecule has 0 aliphatic carbocycles. The maximum Gasteiger partial charge on any atom is 0.573 e. The minimum atomic E-state index is -4.97. The van der Waals surface area contributed by atoms with E-state index in [1.54, 1.807) is 0 Å². The Labute approximate surface area is 125 Å². The molecular formula is C14H8F6O3. The van der Waals surface area contributed by atoms with Crippen LogP contribution in [0, 0.1) is 0 Å². The SMILES string of the molecule is Oc1cc(-c2cccc(OC(F)(F)F)c2)ccc1OC(F)(F)F. The summed E-state index contributed by atoms with van der Waals surface area (Å²) in [6.45, 7) is 0. The van der Waals surface area contributed by atoms with Crippen molar-refractivity contribution in [1.82, 2.24) is 0 Å². The van der Waals surface area contributed by atoms with Crippen LogP contribution in [0.1, 0.15) is 0 Å². The molecule has 0 unspecified atom stereocenters. The molecule has 9 heteroatoms. The quantitative estimate of drug-likeness (QED) is 0.813. The zero-order valence-electron chi connectivity index (χ0n) is 11.1. The molecule has 0 aliphatic rings. The average molecular weight is 338 g/mol. The molecule has 0 spiro atoms. The van der Waals surface area contributed by atoms with Gasteiger partial charge in [0.1, 0.15) is 5.75 Å². The lowest BCUT2D eigenvalue weighted by Crippen LogP contribution is -2.17. The molecule has 124 valence electrons. The number of hydrogen-bond donors (Lipinski definition) is 1. The first-order valence-electron chi connectivity index (χ1n) is 5.98. The molecule has 0 bridgehead atoms. The van der Waals surface area contributed by atoms with Crippen LogP contribution in [0.15, 0.2) is 42.5 Å². The number of phenols is 1. The fourth-order valence-electron chi connectivity index (χ4n) is 1.78. The van der Waals surface area contributed by atoms with Gasteiger partial charge in [0.25, 0.3) is 0 Å². The summed E-state index contributed by atoms with van der Waals surface area (Å²) in [5, 5.41) is 9.54. The number of rotatable bonds is 3. The molecule has 2 rings (SSSR count). The van der Waals surface area contributed by atoms with Gasteiger partial charge >= 0.3 is 12.7 Å². The van der Waals surface area contributed by atoms with Crippen molar-refractivity contribution in [2.75, 3.05) is 0 Å². The molecule has 0 aliphatic heterocycles. The lowest BCUT2D eigenvalue weighted by atomic mass is 10.0. The van der Waals surface area contributed by atoms with Crippen LogP contribution in [0.3, 0.4) is 0 Å². The highest BCUT2D eigenvalue weighted by Gasteiger charge is 2.32. The summed E-state index contributed by atoms with van der Waals surface area (Å²) in [5.41, 5.74) is 0.394. The van der Waals surface area contributed by atoms with Gasteiger partial charge in [-0.25, -0.2) is 0 Å². The Kier molecular flexibility index (Phi) is 4.31. The second-order valence-electron chi connectivity index (χ2n) is 4.31. The van der Waals surface area contributed by atoms with Gasteiger partial charge < -0.3 is 14.6 Å². The lowest BCUT2D eigenvalue weighted by molar-refractivity contribution is -0.275. The van der Waals surface area contributed by atoms with Crippen molar-refractivity contribution in [3.05, 3.63) is 42.5 Å². The largest absolute Gasteiger partial charge is 0.573 e. The minimum absolute atomic E-state index is 0.185. The Balaban J connectivity index is 2.29. The summed E-state index contributed by atoms with van der Waals surface area (Å²) < 4.78 is 80.1. The van der Waals surface area contributed by atoms with Gasteiger partial charge in [-0.1, -0.05) is 18.2 Å². The third-order valence-corrected chi connectivity index (χ3v) is 2.59. The lowest BCUT2D eigenvalue weighted by Gasteiger charge is -2.12. The van der Waals surface area contributed by atoms with E-state index in [9.17, 15) is 31.4 Å². The van der Waals surface area contributed by atoms with Gasteiger partial charge in [-0.15, -0.1) is 26.3 Å². The molecule has 0 fully saturated rings. The highest BCUT2D eigenvalue weighted by Crippen LogP contribution is 2.36. The van der Waals surface area contributed by atoms with Crippen molar-refractivity contribution < 1.29 is 40.9 Å². The third kappa shape index (κ3) is 4.97. The number of phenolic OH excluding ortho intramolecular Hbond substituents is 1. The summed E-state index contributed by atoms with van der Waals surface area (Å²) in [5.74, 6) is -2.11. The van der Waals surface area contributed by atoms with Gasteiger partial charge in [-0.05, 0) is 35.4 Å². The van der Waals surface area contributed by atoms with Gasteiger partial charge in [-0.2, -0.15) is 0 Å². The Hall–Kier alpha value is -2.58. The van der Waals surface area contributed by atoms with Crippen LogP contribution in [0.4, 0.5) is 26.3 Å². The Bertz CT molecular complexity index is 694. The molecule has 2 aromatic rings. The first kappa shape index (κ1) is 16.8. The van der Waals surface area contributed by atoms with Crippen molar-refractivity contribution in [3.63, 3.8) is 0 Å². The van der Waals surface area contributed by atoms with E-state index in [0.717, 1.165) is 30.3 Å². The smallest absolute Gasteiger partial charge is 0.504 e. The second kappa shape index (κ2) is 5.90. The molecule has 1 N–H and O–H groups in total. The van der Waals surface area contributed by atoms with Crippen LogP contribution in [-0.4, -0.2) is 17.8 Å². The number of halogens is 6. The molecule has 0 saturated carbocycles. The number of ether oxygens (including phenoxy) is 2. The normalized spacial score (nSPS) is 12.1. The molecule has 3 nitrogen and oxygen atoms in total. The highest BCUT2D eigenvalue weighted by atomic mass is 19.4. The summed E-state index contributed by atoms with van der Waals surface area (Å²) in [4.78, 5) is 0. The third-order valence-electron chi connectivity index (χ3n) is 2.59. The maximum atomic E-state index is 12.2. The van der Waals surface area contributed by atoms with Crippen molar-refractivity contribution in [1.29, 1.82) is 0 Å². The molecular weight excluding hydrogens is 330 g/mol. The van der Waals surface area contributed by atoms with E-state index < -0.39 is 30.0 Å². The van der Waals surface area contributed by atoms with Crippen LogP contribution < -0.4 is 9.47 Å². The molecule has 0 heterocycles.